The van der Waals surface area contributed by atoms with Crippen LogP contribution >= 0.6 is 0 Å². The van der Waals surface area contributed by atoms with Crippen LogP contribution in [0, 0.1) is 0 Å². The molecule has 0 aromatic carbocycles. The lowest BCUT2D eigenvalue weighted by atomic mass is 10.1. The van der Waals surface area contributed by atoms with Crippen LogP contribution in [0.1, 0.15) is 13.8 Å². The van der Waals surface area contributed by atoms with Crippen molar-refractivity contribution in [3.8, 4) is 0 Å². The van der Waals surface area contributed by atoms with Crippen molar-refractivity contribution in [1.82, 2.24) is 0 Å². The van der Waals surface area contributed by atoms with Crippen molar-refractivity contribution in [2.24, 2.45) is 0 Å². The lowest BCUT2D eigenvalue weighted by molar-refractivity contribution is -0.196. The van der Waals surface area contributed by atoms with Gasteiger partial charge < -0.3 is 23.7 Å². The fourth-order valence-corrected chi connectivity index (χ4v) is 2.57. The van der Waals surface area contributed by atoms with Crippen molar-refractivity contribution < 1.29 is 50.7 Å². The van der Waals surface area contributed by atoms with E-state index in [0.29, 0.717) is 0 Å². The van der Waals surface area contributed by atoms with Gasteiger partial charge in [0, 0.05) is 13.8 Å². The predicted octanol–water partition coefficient (Wildman–Crippen LogP) is -0.666. The zero-order valence-corrected chi connectivity index (χ0v) is 14.2. The van der Waals surface area contributed by atoms with E-state index in [2.05, 4.69) is 9.47 Å². The molecule has 0 bridgehead atoms. The molecule has 0 aromatic heterocycles. The first-order chi connectivity index (χ1) is 11.0. The van der Waals surface area contributed by atoms with Gasteiger partial charge in [0.25, 0.3) is 10.1 Å². The number of ether oxygens (including phenoxy) is 5. The van der Waals surface area contributed by atoms with E-state index in [9.17, 15) is 22.8 Å². The highest BCUT2D eigenvalue weighted by molar-refractivity contribution is 7.86. The minimum absolute atomic E-state index is 0.484. The largest absolute Gasteiger partial charge is 0.508 e. The Bertz CT molecular complexity index is 584. The lowest BCUT2D eigenvalue weighted by Crippen LogP contribution is -2.42. The summed E-state index contributed by atoms with van der Waals surface area (Å²) in [7, 11) is -2.91. The Kier molecular flexibility index (Phi) is 6.93. The summed E-state index contributed by atoms with van der Waals surface area (Å²) < 4.78 is 51.8. The fourth-order valence-electron chi connectivity index (χ4n) is 1.93. The highest BCUT2D eigenvalue weighted by atomic mass is 32.2. The first kappa shape index (κ1) is 20.1. The molecule has 24 heavy (non-hydrogen) atoms. The second-order valence-electron chi connectivity index (χ2n) is 4.76. The third-order valence-corrected chi connectivity index (χ3v) is 3.24. The Morgan fingerprint density at radius 2 is 1.62 bits per heavy atom. The second-order valence-corrected chi connectivity index (χ2v) is 6.36. The van der Waals surface area contributed by atoms with Crippen LogP contribution in [0.25, 0.3) is 0 Å². The third-order valence-electron chi connectivity index (χ3n) is 2.67. The van der Waals surface area contributed by atoms with Crippen LogP contribution in [0.5, 0.6) is 0 Å². The molecule has 1 rings (SSSR count). The van der Waals surface area contributed by atoms with Crippen molar-refractivity contribution in [1.29, 1.82) is 0 Å². The number of esters is 2. The molecule has 0 saturated carbocycles. The molecule has 1 aliphatic rings. The van der Waals surface area contributed by atoms with E-state index in [4.69, 9.17) is 18.4 Å². The standard InChI is InChI=1S/C12H18O11S/c1-6(13)20-10-9(23-24(4,16)17)8(5-19-12(15)18-3)22-11(10)21-7(2)14/h8-11H,5H2,1-4H3/t8-,9+,10-,11+/m1/s1. The summed E-state index contributed by atoms with van der Waals surface area (Å²) in [5.41, 5.74) is 0. The van der Waals surface area contributed by atoms with Crippen LogP contribution in [0.2, 0.25) is 0 Å². The quantitative estimate of drug-likeness (QED) is 0.334. The van der Waals surface area contributed by atoms with Crippen molar-refractivity contribution >= 4 is 28.2 Å². The molecule has 1 aliphatic heterocycles. The lowest BCUT2D eigenvalue weighted by Gasteiger charge is -2.22. The summed E-state index contributed by atoms with van der Waals surface area (Å²) >= 11 is 0. The number of rotatable bonds is 6. The maximum absolute atomic E-state index is 11.4. The molecule has 0 amide bonds. The average Bonchev–Trinajstić information content (AvgIpc) is 2.71. The highest BCUT2D eigenvalue weighted by Gasteiger charge is 2.51. The van der Waals surface area contributed by atoms with Crippen LogP contribution in [-0.2, 0) is 47.6 Å². The fraction of sp³-hybridized carbons (Fsp3) is 0.750. The molecule has 1 fully saturated rings. The van der Waals surface area contributed by atoms with Gasteiger partial charge in [-0.25, -0.2) is 4.79 Å². The Morgan fingerprint density at radius 3 is 2.08 bits per heavy atom. The normalized spacial score (nSPS) is 26.5. The molecule has 138 valence electrons. The summed E-state index contributed by atoms with van der Waals surface area (Å²) in [6.07, 6.45) is -5.64. The zero-order valence-electron chi connectivity index (χ0n) is 13.4. The smallest absolute Gasteiger partial charge is 0.453 e. The first-order valence-corrected chi connectivity index (χ1v) is 8.44. The van der Waals surface area contributed by atoms with Crippen molar-refractivity contribution in [2.45, 2.75) is 38.4 Å². The van der Waals surface area contributed by atoms with Gasteiger partial charge in [0.15, 0.2) is 6.10 Å². The monoisotopic (exact) mass is 370 g/mol. The molecule has 11 nitrogen and oxygen atoms in total. The van der Waals surface area contributed by atoms with Crippen LogP contribution in [0.4, 0.5) is 4.79 Å². The van der Waals surface area contributed by atoms with E-state index in [0.717, 1.165) is 27.2 Å². The van der Waals surface area contributed by atoms with E-state index in [-0.39, 0.29) is 0 Å². The molecule has 0 radical (unpaired) electrons. The SMILES string of the molecule is COC(=O)OC[C@H]1O[C@H](OC(C)=O)[C@H](OC(C)=O)[C@H]1OS(C)(=O)=O. The molecule has 0 aliphatic carbocycles. The van der Waals surface area contributed by atoms with Crippen LogP contribution in [0.15, 0.2) is 0 Å². The van der Waals surface area contributed by atoms with Gasteiger partial charge in [0.1, 0.15) is 18.8 Å². The molecule has 1 saturated heterocycles. The van der Waals surface area contributed by atoms with Crippen molar-refractivity contribution in [3.05, 3.63) is 0 Å². The molecular weight excluding hydrogens is 352 g/mol. The summed E-state index contributed by atoms with van der Waals surface area (Å²) in [4.78, 5) is 33.4. The van der Waals surface area contributed by atoms with Gasteiger partial charge in [0.2, 0.25) is 6.29 Å². The van der Waals surface area contributed by atoms with Gasteiger partial charge in [-0.3, -0.25) is 13.8 Å². The van der Waals surface area contributed by atoms with Crippen LogP contribution in [0.3, 0.4) is 0 Å². The van der Waals surface area contributed by atoms with Gasteiger partial charge in [-0.1, -0.05) is 0 Å². The topological polar surface area (TPSA) is 141 Å². The summed E-state index contributed by atoms with van der Waals surface area (Å²) in [5, 5.41) is 0. The van der Waals surface area contributed by atoms with E-state index in [1.807, 2.05) is 0 Å². The Labute approximate surface area is 138 Å². The van der Waals surface area contributed by atoms with Gasteiger partial charge >= 0.3 is 18.1 Å². The van der Waals surface area contributed by atoms with Gasteiger partial charge in [-0.15, -0.1) is 0 Å². The summed E-state index contributed by atoms with van der Waals surface area (Å²) in [6.45, 7) is 1.67. The average molecular weight is 370 g/mol. The molecule has 12 heteroatoms. The maximum atomic E-state index is 11.4. The number of carbonyl (C=O) groups is 3. The first-order valence-electron chi connectivity index (χ1n) is 6.62. The number of methoxy groups -OCH3 is 1. The number of carbonyl (C=O) groups excluding carboxylic acids is 3. The zero-order chi connectivity index (χ0) is 18.5. The third kappa shape index (κ3) is 6.29. The summed E-state index contributed by atoms with van der Waals surface area (Å²) in [6, 6.07) is 0. The number of hydrogen-bond acceptors (Lipinski definition) is 11. The molecule has 1 heterocycles. The minimum Gasteiger partial charge on any atom is -0.453 e. The van der Waals surface area contributed by atoms with Crippen molar-refractivity contribution in [3.63, 3.8) is 0 Å². The Morgan fingerprint density at radius 1 is 1.04 bits per heavy atom. The van der Waals surface area contributed by atoms with Crippen molar-refractivity contribution in [2.75, 3.05) is 20.0 Å². The van der Waals surface area contributed by atoms with Crippen LogP contribution in [-0.4, -0.2) is 71.1 Å². The molecule has 0 N–H and O–H groups in total. The number of hydrogen-bond donors (Lipinski definition) is 0. The molecular formula is C12H18O11S. The van der Waals surface area contributed by atoms with Gasteiger partial charge in [-0.2, -0.15) is 8.42 Å². The molecule has 0 spiro atoms. The predicted molar refractivity (Wildman–Crippen MR) is 74.1 cm³/mol. The highest BCUT2D eigenvalue weighted by Crippen LogP contribution is 2.29. The Balaban J connectivity index is 3.02. The van der Waals surface area contributed by atoms with E-state index in [1.54, 1.807) is 0 Å². The van der Waals surface area contributed by atoms with E-state index in [1.165, 1.54) is 0 Å². The maximum Gasteiger partial charge on any atom is 0.508 e. The van der Waals surface area contributed by atoms with Gasteiger partial charge in [-0.05, 0) is 0 Å². The van der Waals surface area contributed by atoms with E-state index < -0.39 is 59.4 Å². The molecule has 4 atom stereocenters. The van der Waals surface area contributed by atoms with E-state index >= 15 is 0 Å². The summed E-state index contributed by atoms with van der Waals surface area (Å²) in [5.74, 6) is -1.54. The van der Waals surface area contributed by atoms with Gasteiger partial charge in [0.05, 0.1) is 13.4 Å². The van der Waals surface area contributed by atoms with Crippen LogP contribution < -0.4 is 0 Å². The minimum atomic E-state index is -3.99. The molecule has 0 aromatic rings. The molecule has 0 unspecified atom stereocenters. The Hall–Kier alpha value is -1.92. The second kappa shape index (κ2) is 8.26.